The minimum Gasteiger partial charge on any atom is -0.366 e. The summed E-state index contributed by atoms with van der Waals surface area (Å²) in [6.45, 7) is 5.71. The van der Waals surface area contributed by atoms with E-state index in [9.17, 15) is 14.9 Å². The molecule has 1 rings (SSSR count). The van der Waals surface area contributed by atoms with E-state index in [0.717, 1.165) is 0 Å². The van der Waals surface area contributed by atoms with E-state index in [2.05, 4.69) is 0 Å². The summed E-state index contributed by atoms with van der Waals surface area (Å²) < 4.78 is 0. The van der Waals surface area contributed by atoms with Crippen LogP contribution in [0.1, 0.15) is 29.8 Å². The molecule has 1 aromatic rings. The Balaban J connectivity index is 0.00000441. The van der Waals surface area contributed by atoms with Crippen LogP contribution >= 0.6 is 12.4 Å². The summed E-state index contributed by atoms with van der Waals surface area (Å²) in [7, 11) is 1.88. The Morgan fingerprint density at radius 3 is 2.45 bits per heavy atom. The third-order valence-corrected chi connectivity index (χ3v) is 3.26. The highest BCUT2D eigenvalue weighted by Crippen LogP contribution is 2.23. The number of hydrogen-bond donors (Lipinski definition) is 2. The first-order valence-electron chi connectivity index (χ1n) is 6.62. The van der Waals surface area contributed by atoms with Gasteiger partial charge in [-0.3, -0.25) is 14.9 Å². The van der Waals surface area contributed by atoms with Crippen LogP contribution in [0.3, 0.4) is 0 Å². The fourth-order valence-corrected chi connectivity index (χ4v) is 2.16. The zero-order valence-electron chi connectivity index (χ0n) is 13.0. The Bertz CT molecular complexity index is 549. The number of hydrogen-bond acceptors (Lipinski definition) is 5. The van der Waals surface area contributed by atoms with Crippen molar-refractivity contribution < 1.29 is 9.72 Å². The number of nitro groups is 1. The van der Waals surface area contributed by atoms with Gasteiger partial charge in [0.15, 0.2) is 0 Å². The van der Waals surface area contributed by atoms with Crippen molar-refractivity contribution in [2.24, 2.45) is 16.9 Å². The van der Waals surface area contributed by atoms with Crippen molar-refractivity contribution in [2.45, 2.75) is 20.4 Å². The highest BCUT2D eigenvalue weighted by atomic mass is 35.5. The van der Waals surface area contributed by atoms with Gasteiger partial charge in [-0.1, -0.05) is 19.9 Å². The number of nitrogens with two attached hydrogens (primary N) is 2. The van der Waals surface area contributed by atoms with Crippen LogP contribution in [-0.4, -0.2) is 35.9 Å². The number of carbonyl (C=O) groups is 1. The van der Waals surface area contributed by atoms with Crippen LogP contribution in [-0.2, 0) is 6.54 Å². The van der Waals surface area contributed by atoms with Crippen LogP contribution in [0.4, 0.5) is 5.69 Å². The van der Waals surface area contributed by atoms with Crippen molar-refractivity contribution in [3.05, 3.63) is 39.4 Å². The molecular weight excluding hydrogens is 308 g/mol. The van der Waals surface area contributed by atoms with Crippen molar-refractivity contribution >= 4 is 24.0 Å². The van der Waals surface area contributed by atoms with Gasteiger partial charge in [0.2, 0.25) is 5.91 Å². The molecule has 1 amide bonds. The molecule has 0 spiro atoms. The van der Waals surface area contributed by atoms with Gasteiger partial charge in [0, 0.05) is 30.3 Å². The molecule has 0 aliphatic heterocycles. The maximum atomic E-state index is 11.1. The SMILES string of the molecule is CN(Cc1ccc(C(N)=O)cc1[N+](=O)[O-])CC(C)(C)CN.Cl. The van der Waals surface area contributed by atoms with Crippen LogP contribution in [0.15, 0.2) is 18.2 Å². The fourth-order valence-electron chi connectivity index (χ4n) is 2.16. The van der Waals surface area contributed by atoms with Gasteiger partial charge < -0.3 is 16.4 Å². The number of benzene rings is 1. The number of halogens is 1. The van der Waals surface area contributed by atoms with E-state index in [4.69, 9.17) is 11.5 Å². The molecule has 0 aliphatic rings. The Labute approximate surface area is 136 Å². The van der Waals surface area contributed by atoms with Crippen molar-refractivity contribution in [2.75, 3.05) is 20.1 Å². The van der Waals surface area contributed by atoms with Gasteiger partial charge in [0.25, 0.3) is 5.69 Å². The molecule has 0 aromatic heterocycles. The molecule has 1 aromatic carbocycles. The summed E-state index contributed by atoms with van der Waals surface area (Å²) in [6.07, 6.45) is 0. The lowest BCUT2D eigenvalue weighted by atomic mass is 9.93. The van der Waals surface area contributed by atoms with E-state index < -0.39 is 10.8 Å². The molecule has 0 aliphatic carbocycles. The van der Waals surface area contributed by atoms with Crippen molar-refractivity contribution in [3.63, 3.8) is 0 Å². The van der Waals surface area contributed by atoms with Crippen LogP contribution in [0, 0.1) is 15.5 Å². The van der Waals surface area contributed by atoms with E-state index in [1.807, 2.05) is 25.8 Å². The molecule has 0 bridgehead atoms. The van der Waals surface area contributed by atoms with Gasteiger partial charge in [-0.25, -0.2) is 0 Å². The molecule has 0 heterocycles. The minimum absolute atomic E-state index is 0. The summed E-state index contributed by atoms with van der Waals surface area (Å²) in [5.74, 6) is -0.678. The lowest BCUT2D eigenvalue weighted by Crippen LogP contribution is -2.36. The molecule has 4 N–H and O–H groups in total. The average Bonchev–Trinajstić information content (AvgIpc) is 2.37. The molecule has 8 heteroatoms. The molecule has 0 radical (unpaired) electrons. The second-order valence-corrected chi connectivity index (χ2v) is 6.01. The molecular formula is C14H23ClN4O3. The second-order valence-electron chi connectivity index (χ2n) is 6.01. The highest BCUT2D eigenvalue weighted by Gasteiger charge is 2.21. The average molecular weight is 331 g/mol. The first-order chi connectivity index (χ1) is 9.66. The van der Waals surface area contributed by atoms with Gasteiger partial charge >= 0.3 is 0 Å². The smallest absolute Gasteiger partial charge is 0.274 e. The van der Waals surface area contributed by atoms with E-state index in [-0.39, 0.29) is 29.1 Å². The third kappa shape index (κ3) is 5.59. The van der Waals surface area contributed by atoms with Gasteiger partial charge in [-0.15, -0.1) is 12.4 Å². The standard InChI is InChI=1S/C14H22N4O3.ClH/c1-14(2,8-15)9-17(3)7-11-5-4-10(13(16)19)6-12(11)18(20)21;/h4-6H,7-9,15H2,1-3H3,(H2,16,19);1H. The number of amides is 1. The molecule has 22 heavy (non-hydrogen) atoms. The predicted octanol–water partition coefficient (Wildman–Crippen LogP) is 1.53. The summed E-state index contributed by atoms with van der Waals surface area (Å²) in [6, 6.07) is 4.30. The van der Waals surface area contributed by atoms with Crippen LogP contribution < -0.4 is 11.5 Å². The topological polar surface area (TPSA) is 115 Å². The van der Waals surface area contributed by atoms with Crippen molar-refractivity contribution in [1.29, 1.82) is 0 Å². The quantitative estimate of drug-likeness (QED) is 0.581. The number of rotatable bonds is 7. The van der Waals surface area contributed by atoms with E-state index in [1.165, 1.54) is 12.1 Å². The predicted molar refractivity (Wildman–Crippen MR) is 88.0 cm³/mol. The number of primary amides is 1. The van der Waals surface area contributed by atoms with Crippen LogP contribution in [0.2, 0.25) is 0 Å². The van der Waals surface area contributed by atoms with Gasteiger partial charge in [0.1, 0.15) is 0 Å². The Kier molecular flexibility index (Phi) is 7.45. The lowest BCUT2D eigenvalue weighted by molar-refractivity contribution is -0.385. The fraction of sp³-hybridized carbons (Fsp3) is 0.500. The van der Waals surface area contributed by atoms with Gasteiger partial charge in [0.05, 0.1) is 4.92 Å². The van der Waals surface area contributed by atoms with E-state index in [1.54, 1.807) is 6.07 Å². The molecule has 0 fully saturated rings. The van der Waals surface area contributed by atoms with Crippen molar-refractivity contribution in [1.82, 2.24) is 4.90 Å². The lowest BCUT2D eigenvalue weighted by Gasteiger charge is -2.28. The van der Waals surface area contributed by atoms with Gasteiger partial charge in [-0.05, 0) is 25.1 Å². The van der Waals surface area contributed by atoms with Gasteiger partial charge in [-0.2, -0.15) is 0 Å². The first kappa shape index (κ1) is 20.3. The largest absolute Gasteiger partial charge is 0.366 e. The highest BCUT2D eigenvalue weighted by molar-refractivity contribution is 5.93. The Morgan fingerprint density at radius 1 is 1.41 bits per heavy atom. The van der Waals surface area contributed by atoms with E-state index in [0.29, 0.717) is 25.2 Å². The molecule has 0 saturated heterocycles. The summed E-state index contributed by atoms with van der Waals surface area (Å²) >= 11 is 0. The molecule has 124 valence electrons. The number of nitrogens with zero attached hydrogens (tertiary/aromatic N) is 2. The zero-order chi connectivity index (χ0) is 16.2. The number of nitro benzene ring substituents is 1. The minimum atomic E-state index is -0.678. The number of carbonyl (C=O) groups excluding carboxylic acids is 1. The Hall–Kier alpha value is -1.70. The molecule has 7 nitrogen and oxygen atoms in total. The maximum absolute atomic E-state index is 11.1. The molecule has 0 saturated carbocycles. The maximum Gasteiger partial charge on any atom is 0.274 e. The monoisotopic (exact) mass is 330 g/mol. The zero-order valence-corrected chi connectivity index (χ0v) is 13.9. The molecule has 0 atom stereocenters. The summed E-state index contributed by atoms with van der Waals surface area (Å²) in [5, 5.41) is 11.1. The summed E-state index contributed by atoms with van der Waals surface area (Å²) in [4.78, 5) is 23.7. The normalized spacial score (nSPS) is 11.1. The van der Waals surface area contributed by atoms with Crippen LogP contribution in [0.5, 0.6) is 0 Å². The summed E-state index contributed by atoms with van der Waals surface area (Å²) in [5.41, 5.74) is 11.4. The van der Waals surface area contributed by atoms with Crippen molar-refractivity contribution in [3.8, 4) is 0 Å². The van der Waals surface area contributed by atoms with E-state index >= 15 is 0 Å². The first-order valence-corrected chi connectivity index (χ1v) is 6.62. The molecule has 0 unspecified atom stereocenters. The second kappa shape index (κ2) is 8.07. The van der Waals surface area contributed by atoms with Crippen LogP contribution in [0.25, 0.3) is 0 Å². The third-order valence-electron chi connectivity index (χ3n) is 3.26. The Morgan fingerprint density at radius 2 is 2.00 bits per heavy atom.